The van der Waals surface area contributed by atoms with Crippen molar-refractivity contribution in [1.29, 1.82) is 0 Å². The fraction of sp³-hybridized carbons (Fsp3) is 0.316. The number of hydrogen-bond donors (Lipinski definition) is 2. The van der Waals surface area contributed by atoms with Gasteiger partial charge in [-0.15, -0.1) is 0 Å². The number of anilines is 3. The van der Waals surface area contributed by atoms with Gasteiger partial charge in [0.1, 0.15) is 0 Å². The van der Waals surface area contributed by atoms with Crippen molar-refractivity contribution in [1.82, 2.24) is 0 Å². The molecule has 1 aliphatic rings. The summed E-state index contributed by atoms with van der Waals surface area (Å²) >= 11 is 0. The van der Waals surface area contributed by atoms with Crippen LogP contribution in [0, 0.1) is 0 Å². The molecule has 3 N–H and O–H groups in total. The first-order chi connectivity index (χ1) is 11.2. The average molecular weight is 309 g/mol. The minimum Gasteiger partial charge on any atom is -0.399 e. The predicted octanol–water partition coefficient (Wildman–Crippen LogP) is 3.44. The Hall–Kier alpha value is -2.49. The maximum Gasteiger partial charge on any atom is 0.224 e. The van der Waals surface area contributed by atoms with Crippen molar-refractivity contribution in [2.75, 3.05) is 29.0 Å². The number of amides is 1. The Bertz CT molecular complexity index is 661. The Labute approximate surface area is 137 Å². The van der Waals surface area contributed by atoms with Crippen LogP contribution in [0.25, 0.3) is 0 Å². The van der Waals surface area contributed by atoms with Crippen LogP contribution in [0.4, 0.5) is 17.1 Å². The largest absolute Gasteiger partial charge is 0.399 e. The third-order valence-electron chi connectivity index (χ3n) is 4.21. The highest BCUT2D eigenvalue weighted by Crippen LogP contribution is 2.22. The number of rotatable bonds is 5. The molecule has 4 heteroatoms. The molecule has 120 valence electrons. The van der Waals surface area contributed by atoms with Crippen LogP contribution in [0.2, 0.25) is 0 Å². The van der Waals surface area contributed by atoms with E-state index in [0.717, 1.165) is 30.0 Å². The Balaban J connectivity index is 1.51. The minimum atomic E-state index is 0.0290. The fourth-order valence-corrected chi connectivity index (χ4v) is 2.96. The topological polar surface area (TPSA) is 58.4 Å². The Morgan fingerprint density at radius 3 is 2.52 bits per heavy atom. The molecule has 0 aliphatic carbocycles. The van der Waals surface area contributed by atoms with Crippen LogP contribution >= 0.6 is 0 Å². The summed E-state index contributed by atoms with van der Waals surface area (Å²) in [4.78, 5) is 14.4. The molecule has 0 aromatic heterocycles. The smallest absolute Gasteiger partial charge is 0.224 e. The number of carbonyl (C=O) groups excluding carboxylic acids is 1. The van der Waals surface area contributed by atoms with Crippen molar-refractivity contribution in [3.05, 3.63) is 54.1 Å². The molecule has 0 saturated carbocycles. The average Bonchev–Trinajstić information content (AvgIpc) is 3.08. The summed E-state index contributed by atoms with van der Waals surface area (Å²) in [7, 11) is 0. The number of nitrogens with zero attached hydrogens (tertiary/aromatic N) is 1. The molecule has 1 aliphatic heterocycles. The second-order valence-corrected chi connectivity index (χ2v) is 6.03. The fourth-order valence-electron chi connectivity index (χ4n) is 2.96. The summed E-state index contributed by atoms with van der Waals surface area (Å²) in [5, 5.41) is 2.96. The maximum absolute atomic E-state index is 12.1. The van der Waals surface area contributed by atoms with Gasteiger partial charge in [-0.2, -0.15) is 0 Å². The number of aryl methyl sites for hydroxylation is 1. The molecule has 3 rings (SSSR count). The highest BCUT2D eigenvalue weighted by atomic mass is 16.1. The standard InChI is InChI=1S/C19H23N3O/c20-16-5-3-4-15(14-16)6-11-19(23)21-17-7-9-18(10-8-17)22-12-1-2-13-22/h3-5,7-10,14H,1-2,6,11-13,20H2,(H,21,23). The lowest BCUT2D eigenvalue weighted by Crippen LogP contribution is -2.17. The number of carbonyl (C=O) groups is 1. The molecule has 0 bridgehead atoms. The van der Waals surface area contributed by atoms with Gasteiger partial charge in [0.25, 0.3) is 0 Å². The zero-order chi connectivity index (χ0) is 16.1. The lowest BCUT2D eigenvalue weighted by molar-refractivity contribution is -0.116. The van der Waals surface area contributed by atoms with E-state index in [-0.39, 0.29) is 5.91 Å². The molecule has 2 aromatic carbocycles. The summed E-state index contributed by atoms with van der Waals surface area (Å²) < 4.78 is 0. The van der Waals surface area contributed by atoms with Crippen molar-refractivity contribution < 1.29 is 4.79 Å². The first-order valence-corrected chi connectivity index (χ1v) is 8.20. The lowest BCUT2D eigenvalue weighted by atomic mass is 10.1. The molecular weight excluding hydrogens is 286 g/mol. The van der Waals surface area contributed by atoms with Crippen molar-refractivity contribution in [3.63, 3.8) is 0 Å². The number of nitrogen functional groups attached to an aromatic ring is 1. The zero-order valence-electron chi connectivity index (χ0n) is 13.3. The summed E-state index contributed by atoms with van der Waals surface area (Å²) in [6.07, 6.45) is 3.69. The molecule has 0 atom stereocenters. The van der Waals surface area contributed by atoms with E-state index in [0.29, 0.717) is 12.8 Å². The summed E-state index contributed by atoms with van der Waals surface area (Å²) in [6.45, 7) is 2.26. The van der Waals surface area contributed by atoms with E-state index in [2.05, 4.69) is 22.3 Å². The third kappa shape index (κ3) is 4.25. The van der Waals surface area contributed by atoms with E-state index in [4.69, 9.17) is 5.73 Å². The van der Waals surface area contributed by atoms with Gasteiger partial charge in [0.2, 0.25) is 5.91 Å². The van der Waals surface area contributed by atoms with E-state index >= 15 is 0 Å². The van der Waals surface area contributed by atoms with Crippen LogP contribution in [0.3, 0.4) is 0 Å². The number of hydrogen-bond acceptors (Lipinski definition) is 3. The Kier molecular flexibility index (Phi) is 4.81. The molecule has 0 radical (unpaired) electrons. The van der Waals surface area contributed by atoms with Gasteiger partial charge >= 0.3 is 0 Å². The molecule has 23 heavy (non-hydrogen) atoms. The molecule has 1 fully saturated rings. The van der Waals surface area contributed by atoms with Gasteiger partial charge in [0, 0.05) is 36.6 Å². The zero-order valence-corrected chi connectivity index (χ0v) is 13.3. The van der Waals surface area contributed by atoms with Gasteiger partial charge in [0.15, 0.2) is 0 Å². The van der Waals surface area contributed by atoms with Crippen LogP contribution in [0.1, 0.15) is 24.8 Å². The SMILES string of the molecule is Nc1cccc(CCC(=O)Nc2ccc(N3CCCC3)cc2)c1. The first kappa shape index (κ1) is 15.4. The van der Waals surface area contributed by atoms with Crippen molar-refractivity contribution in [3.8, 4) is 0 Å². The van der Waals surface area contributed by atoms with Gasteiger partial charge in [0.05, 0.1) is 0 Å². The van der Waals surface area contributed by atoms with Crippen molar-refractivity contribution >= 4 is 23.0 Å². The molecule has 1 amide bonds. The third-order valence-corrected chi connectivity index (χ3v) is 4.21. The quantitative estimate of drug-likeness (QED) is 0.832. The maximum atomic E-state index is 12.1. The van der Waals surface area contributed by atoms with E-state index in [9.17, 15) is 4.79 Å². The molecule has 0 spiro atoms. The van der Waals surface area contributed by atoms with Gasteiger partial charge in [-0.1, -0.05) is 12.1 Å². The Morgan fingerprint density at radius 1 is 1.09 bits per heavy atom. The van der Waals surface area contributed by atoms with Gasteiger partial charge < -0.3 is 16.0 Å². The van der Waals surface area contributed by atoms with Crippen LogP contribution in [-0.4, -0.2) is 19.0 Å². The summed E-state index contributed by atoms with van der Waals surface area (Å²) in [5.41, 5.74) is 9.66. The van der Waals surface area contributed by atoms with E-state index in [1.807, 2.05) is 36.4 Å². The molecule has 1 heterocycles. The number of nitrogens with one attached hydrogen (secondary N) is 1. The second-order valence-electron chi connectivity index (χ2n) is 6.03. The molecular formula is C19H23N3O. The van der Waals surface area contributed by atoms with Gasteiger partial charge in [-0.05, 0) is 61.2 Å². The lowest BCUT2D eigenvalue weighted by Gasteiger charge is -2.17. The highest BCUT2D eigenvalue weighted by Gasteiger charge is 2.12. The molecule has 4 nitrogen and oxygen atoms in total. The van der Waals surface area contributed by atoms with Crippen LogP contribution in [-0.2, 0) is 11.2 Å². The molecule has 0 unspecified atom stereocenters. The molecule has 2 aromatic rings. The minimum absolute atomic E-state index is 0.0290. The number of nitrogens with two attached hydrogens (primary N) is 1. The van der Waals surface area contributed by atoms with E-state index < -0.39 is 0 Å². The normalized spacial score (nSPS) is 14.0. The Morgan fingerprint density at radius 2 is 1.83 bits per heavy atom. The van der Waals surface area contributed by atoms with Crippen molar-refractivity contribution in [2.24, 2.45) is 0 Å². The summed E-state index contributed by atoms with van der Waals surface area (Å²) in [6, 6.07) is 15.8. The van der Waals surface area contributed by atoms with E-state index in [1.54, 1.807) is 0 Å². The van der Waals surface area contributed by atoms with E-state index in [1.165, 1.54) is 18.5 Å². The molecule has 1 saturated heterocycles. The second kappa shape index (κ2) is 7.18. The monoisotopic (exact) mass is 309 g/mol. The van der Waals surface area contributed by atoms with Crippen molar-refractivity contribution in [2.45, 2.75) is 25.7 Å². The number of benzene rings is 2. The van der Waals surface area contributed by atoms with Gasteiger partial charge in [-0.3, -0.25) is 4.79 Å². The summed E-state index contributed by atoms with van der Waals surface area (Å²) in [5.74, 6) is 0.0290. The predicted molar refractivity (Wildman–Crippen MR) is 95.7 cm³/mol. The van der Waals surface area contributed by atoms with Gasteiger partial charge in [-0.25, -0.2) is 0 Å². The van der Waals surface area contributed by atoms with Crippen LogP contribution in [0.5, 0.6) is 0 Å². The van der Waals surface area contributed by atoms with Crippen LogP contribution < -0.4 is 16.0 Å². The first-order valence-electron chi connectivity index (χ1n) is 8.20. The van der Waals surface area contributed by atoms with Crippen LogP contribution in [0.15, 0.2) is 48.5 Å². The highest BCUT2D eigenvalue weighted by molar-refractivity contribution is 5.91.